The molecular weight excluding hydrogens is 347 g/mol. The number of anilines is 1. The molecule has 0 saturated heterocycles. The summed E-state index contributed by atoms with van der Waals surface area (Å²) in [5, 5.41) is 12.3. The van der Waals surface area contributed by atoms with Gasteiger partial charge in [0.05, 0.1) is 16.1 Å². The van der Waals surface area contributed by atoms with Gasteiger partial charge in [-0.15, -0.1) is 0 Å². The number of carbonyl (C=O) groups excluding carboxylic acids is 1. The number of alkyl halides is 3. The summed E-state index contributed by atoms with van der Waals surface area (Å²) in [6.45, 7) is 5.26. The van der Waals surface area contributed by atoms with E-state index < -0.39 is 43.6 Å². The van der Waals surface area contributed by atoms with Crippen molar-refractivity contribution in [3.05, 3.63) is 29.8 Å². The summed E-state index contributed by atoms with van der Waals surface area (Å²) >= 11 is 0. The Hall–Kier alpha value is -1.61. The molecule has 0 aliphatic rings. The van der Waals surface area contributed by atoms with Gasteiger partial charge in [-0.05, 0) is 45.9 Å². The van der Waals surface area contributed by atoms with Gasteiger partial charge < -0.3 is 10.4 Å². The molecule has 1 aromatic carbocycles. The Morgan fingerprint density at radius 2 is 1.71 bits per heavy atom. The van der Waals surface area contributed by atoms with E-state index in [0.29, 0.717) is 6.07 Å². The molecule has 0 aliphatic carbocycles. The van der Waals surface area contributed by atoms with Crippen molar-refractivity contribution in [1.29, 1.82) is 0 Å². The highest BCUT2D eigenvalue weighted by Crippen LogP contribution is 2.31. The van der Waals surface area contributed by atoms with Crippen LogP contribution >= 0.6 is 0 Å². The van der Waals surface area contributed by atoms with E-state index in [2.05, 4.69) is 5.32 Å². The van der Waals surface area contributed by atoms with E-state index in [-0.39, 0.29) is 5.69 Å². The first kappa shape index (κ1) is 20.4. The number of carbonyl (C=O) groups is 1. The zero-order valence-electron chi connectivity index (χ0n) is 13.7. The fraction of sp³-hybridized carbons (Fsp3) is 0.533. The molecule has 1 amide bonds. The quantitative estimate of drug-likeness (QED) is 0.857. The second-order valence-corrected chi connectivity index (χ2v) is 9.42. The topological polar surface area (TPSA) is 83.5 Å². The van der Waals surface area contributed by atoms with Gasteiger partial charge in [0.25, 0.3) is 5.91 Å². The van der Waals surface area contributed by atoms with Gasteiger partial charge in [0, 0.05) is 5.69 Å². The van der Waals surface area contributed by atoms with Crippen molar-refractivity contribution >= 4 is 21.4 Å². The van der Waals surface area contributed by atoms with Gasteiger partial charge in [-0.3, -0.25) is 4.79 Å². The first-order valence-electron chi connectivity index (χ1n) is 7.00. The molecule has 24 heavy (non-hydrogen) atoms. The minimum atomic E-state index is -4.58. The zero-order chi connectivity index (χ0) is 19.0. The summed E-state index contributed by atoms with van der Waals surface area (Å²) in [5.74, 6) is -1.96. The molecule has 0 heterocycles. The SMILES string of the molecule is CC(C)(C)S(=O)(=O)C[C@@](C)(O)C(=O)Nc1cccc(C(F)(F)F)c1. The predicted molar refractivity (Wildman–Crippen MR) is 84.2 cm³/mol. The third-order valence-electron chi connectivity index (χ3n) is 3.34. The second kappa shape index (κ2) is 6.36. The number of aliphatic hydroxyl groups is 1. The molecule has 2 N–H and O–H groups in total. The van der Waals surface area contributed by atoms with E-state index in [4.69, 9.17) is 0 Å². The number of sulfone groups is 1. The van der Waals surface area contributed by atoms with Crippen molar-refractivity contribution in [3.63, 3.8) is 0 Å². The van der Waals surface area contributed by atoms with Crippen molar-refractivity contribution < 1.29 is 31.5 Å². The van der Waals surface area contributed by atoms with E-state index in [0.717, 1.165) is 19.1 Å². The number of benzene rings is 1. The Bertz CT molecular complexity index is 719. The first-order chi connectivity index (χ1) is 10.6. The first-order valence-corrected chi connectivity index (χ1v) is 8.65. The Morgan fingerprint density at radius 3 is 2.17 bits per heavy atom. The Labute approximate surface area is 138 Å². The largest absolute Gasteiger partial charge is 0.416 e. The van der Waals surface area contributed by atoms with Crippen molar-refractivity contribution in [1.82, 2.24) is 0 Å². The highest BCUT2D eigenvalue weighted by atomic mass is 32.2. The number of hydrogen-bond donors (Lipinski definition) is 2. The molecular formula is C15H20F3NO4S. The van der Waals surface area contributed by atoms with Gasteiger partial charge in [0.15, 0.2) is 15.4 Å². The molecule has 136 valence electrons. The molecule has 0 aliphatic heterocycles. The summed E-state index contributed by atoms with van der Waals surface area (Å²) < 4.78 is 61.0. The maximum atomic E-state index is 12.7. The van der Waals surface area contributed by atoms with Gasteiger partial charge in [-0.2, -0.15) is 13.2 Å². The minimum absolute atomic E-state index is 0.191. The average molecular weight is 367 g/mol. The molecule has 0 aromatic heterocycles. The number of amides is 1. The summed E-state index contributed by atoms with van der Waals surface area (Å²) in [6, 6.07) is 3.84. The van der Waals surface area contributed by atoms with Crippen molar-refractivity contribution in [3.8, 4) is 0 Å². The zero-order valence-corrected chi connectivity index (χ0v) is 14.5. The van der Waals surface area contributed by atoms with Crippen molar-refractivity contribution in [2.45, 2.75) is 44.2 Å². The monoisotopic (exact) mass is 367 g/mol. The molecule has 0 fully saturated rings. The van der Waals surface area contributed by atoms with E-state index in [1.54, 1.807) is 0 Å². The summed E-state index contributed by atoms with van der Waals surface area (Å²) in [7, 11) is -3.81. The molecule has 9 heteroatoms. The molecule has 5 nitrogen and oxygen atoms in total. The maximum absolute atomic E-state index is 12.7. The lowest BCUT2D eigenvalue weighted by molar-refractivity contribution is -0.137. The van der Waals surface area contributed by atoms with Crippen LogP contribution in [-0.4, -0.2) is 35.5 Å². The molecule has 0 unspecified atom stereocenters. The fourth-order valence-electron chi connectivity index (χ4n) is 1.69. The fourth-order valence-corrected chi connectivity index (χ4v) is 3.00. The van der Waals surface area contributed by atoms with Crippen molar-refractivity contribution in [2.24, 2.45) is 0 Å². The lowest BCUT2D eigenvalue weighted by Gasteiger charge is -2.27. The van der Waals surface area contributed by atoms with Crippen LogP contribution in [0.25, 0.3) is 0 Å². The van der Waals surface area contributed by atoms with Gasteiger partial charge in [-0.25, -0.2) is 8.42 Å². The summed E-state index contributed by atoms with van der Waals surface area (Å²) in [5.41, 5.74) is -3.45. The smallest absolute Gasteiger partial charge is 0.379 e. The predicted octanol–water partition coefficient (Wildman–Crippen LogP) is 2.61. The van der Waals surface area contributed by atoms with Crippen LogP contribution < -0.4 is 5.32 Å². The van der Waals surface area contributed by atoms with Gasteiger partial charge in [0.2, 0.25) is 0 Å². The molecule has 0 saturated carbocycles. The molecule has 0 spiro atoms. The third kappa shape index (κ3) is 4.94. The van der Waals surface area contributed by atoms with Gasteiger partial charge in [0.1, 0.15) is 0 Å². The van der Waals surface area contributed by atoms with Crippen LogP contribution in [-0.2, 0) is 20.8 Å². The molecule has 0 radical (unpaired) electrons. The van der Waals surface area contributed by atoms with E-state index in [9.17, 15) is 31.5 Å². The Morgan fingerprint density at radius 1 is 1.17 bits per heavy atom. The highest BCUT2D eigenvalue weighted by Gasteiger charge is 2.41. The van der Waals surface area contributed by atoms with E-state index in [1.165, 1.54) is 26.8 Å². The van der Waals surface area contributed by atoms with Gasteiger partial charge >= 0.3 is 6.18 Å². The minimum Gasteiger partial charge on any atom is -0.379 e. The van der Waals surface area contributed by atoms with Crippen LogP contribution in [0.15, 0.2) is 24.3 Å². The Balaban J connectivity index is 2.99. The summed E-state index contributed by atoms with van der Waals surface area (Å²) in [4.78, 5) is 12.1. The number of hydrogen-bond acceptors (Lipinski definition) is 4. The number of nitrogens with one attached hydrogen (secondary N) is 1. The van der Waals surface area contributed by atoms with Crippen LogP contribution in [0.2, 0.25) is 0 Å². The number of halogens is 3. The summed E-state index contributed by atoms with van der Waals surface area (Å²) in [6.07, 6.45) is -4.58. The lowest BCUT2D eigenvalue weighted by atomic mass is 10.1. The normalized spacial score (nSPS) is 15.7. The van der Waals surface area contributed by atoms with Crippen LogP contribution in [0.1, 0.15) is 33.3 Å². The van der Waals surface area contributed by atoms with Crippen LogP contribution in [0.4, 0.5) is 18.9 Å². The molecule has 1 rings (SSSR count). The second-order valence-electron chi connectivity index (χ2n) is 6.68. The van der Waals surface area contributed by atoms with E-state index in [1.807, 2.05) is 0 Å². The van der Waals surface area contributed by atoms with Crippen LogP contribution in [0, 0.1) is 0 Å². The lowest BCUT2D eigenvalue weighted by Crippen LogP contribution is -2.49. The van der Waals surface area contributed by atoms with Gasteiger partial charge in [-0.1, -0.05) is 6.07 Å². The molecule has 0 bridgehead atoms. The van der Waals surface area contributed by atoms with Crippen LogP contribution in [0.3, 0.4) is 0 Å². The Kier molecular flexibility index (Phi) is 5.42. The molecule has 1 aromatic rings. The standard InChI is InChI=1S/C15H20F3NO4S/c1-13(2,3)24(22,23)9-14(4,21)12(20)19-11-7-5-6-10(8-11)15(16,17)18/h5-8,21H,9H2,1-4H3,(H,19,20)/t14-/m1/s1. The third-order valence-corrected chi connectivity index (χ3v) is 6.15. The highest BCUT2D eigenvalue weighted by molar-refractivity contribution is 7.92. The molecule has 1 atom stereocenters. The van der Waals surface area contributed by atoms with Crippen LogP contribution in [0.5, 0.6) is 0 Å². The van der Waals surface area contributed by atoms with E-state index >= 15 is 0 Å². The van der Waals surface area contributed by atoms with Crippen molar-refractivity contribution in [2.75, 3.05) is 11.1 Å². The number of rotatable bonds is 4. The maximum Gasteiger partial charge on any atom is 0.416 e. The average Bonchev–Trinajstić information content (AvgIpc) is 2.35.